The molecule has 1 amide bonds. The lowest BCUT2D eigenvalue weighted by Gasteiger charge is -2.02. The van der Waals surface area contributed by atoms with Crippen molar-refractivity contribution in [2.75, 3.05) is 6.54 Å². The molecule has 1 heterocycles. The molecule has 0 fully saturated rings. The second-order valence-electron chi connectivity index (χ2n) is 4.39. The molecule has 0 unspecified atom stereocenters. The maximum absolute atomic E-state index is 11.8. The SMILES string of the molecule is O=C(O)CNC(=O)c1ccc2c(c1)sc1ccccc12. The first-order valence-electron chi connectivity index (χ1n) is 6.06. The van der Waals surface area contributed by atoms with Gasteiger partial charge in [-0.25, -0.2) is 0 Å². The number of carboxylic acids is 1. The first-order chi connectivity index (χ1) is 9.65. The van der Waals surface area contributed by atoms with Gasteiger partial charge in [0.15, 0.2) is 0 Å². The van der Waals surface area contributed by atoms with Gasteiger partial charge in [0, 0.05) is 25.7 Å². The van der Waals surface area contributed by atoms with Crippen molar-refractivity contribution in [2.45, 2.75) is 0 Å². The van der Waals surface area contributed by atoms with Gasteiger partial charge in [-0.2, -0.15) is 0 Å². The predicted octanol–water partition coefficient (Wildman–Crippen LogP) is 2.87. The zero-order valence-corrected chi connectivity index (χ0v) is 11.2. The van der Waals surface area contributed by atoms with Crippen molar-refractivity contribution < 1.29 is 14.7 Å². The number of hydrogen-bond donors (Lipinski definition) is 2. The van der Waals surface area contributed by atoms with Crippen molar-refractivity contribution in [3.63, 3.8) is 0 Å². The van der Waals surface area contributed by atoms with Crippen LogP contribution in [0.5, 0.6) is 0 Å². The summed E-state index contributed by atoms with van der Waals surface area (Å²) in [6.07, 6.45) is 0. The van der Waals surface area contributed by atoms with E-state index in [1.54, 1.807) is 23.5 Å². The summed E-state index contributed by atoms with van der Waals surface area (Å²) in [6, 6.07) is 13.5. The normalized spacial score (nSPS) is 10.8. The van der Waals surface area contributed by atoms with E-state index in [1.165, 1.54) is 10.1 Å². The largest absolute Gasteiger partial charge is 0.480 e. The Labute approximate surface area is 118 Å². The molecule has 3 rings (SSSR count). The average molecular weight is 285 g/mol. The highest BCUT2D eigenvalue weighted by Crippen LogP contribution is 2.33. The highest BCUT2D eigenvalue weighted by molar-refractivity contribution is 7.25. The second-order valence-corrected chi connectivity index (χ2v) is 5.47. The van der Waals surface area contributed by atoms with Crippen LogP contribution in [0.1, 0.15) is 10.4 Å². The number of carbonyl (C=O) groups is 2. The molecule has 0 aliphatic heterocycles. The third-order valence-corrected chi connectivity index (χ3v) is 4.17. The Morgan fingerprint density at radius 2 is 1.80 bits per heavy atom. The molecule has 0 radical (unpaired) electrons. The lowest BCUT2D eigenvalue weighted by Crippen LogP contribution is -2.29. The summed E-state index contributed by atoms with van der Waals surface area (Å²) in [5, 5.41) is 13.2. The number of aliphatic carboxylic acids is 1. The molecule has 0 bridgehead atoms. The molecule has 5 heteroatoms. The summed E-state index contributed by atoms with van der Waals surface area (Å²) in [4.78, 5) is 22.3. The number of amides is 1. The van der Waals surface area contributed by atoms with E-state index in [0.29, 0.717) is 5.56 Å². The van der Waals surface area contributed by atoms with Crippen LogP contribution in [-0.4, -0.2) is 23.5 Å². The number of fused-ring (bicyclic) bond motifs is 3. The summed E-state index contributed by atoms with van der Waals surface area (Å²) < 4.78 is 2.19. The molecule has 0 aliphatic rings. The van der Waals surface area contributed by atoms with Gasteiger partial charge in [0.2, 0.25) is 0 Å². The Kier molecular flexibility index (Phi) is 3.12. The Balaban J connectivity index is 2.00. The minimum Gasteiger partial charge on any atom is -0.480 e. The quantitative estimate of drug-likeness (QED) is 0.777. The molecule has 100 valence electrons. The van der Waals surface area contributed by atoms with E-state index in [9.17, 15) is 9.59 Å². The summed E-state index contributed by atoms with van der Waals surface area (Å²) in [5.41, 5.74) is 0.477. The molecule has 2 N–H and O–H groups in total. The summed E-state index contributed by atoms with van der Waals surface area (Å²) in [6.45, 7) is -0.372. The monoisotopic (exact) mass is 285 g/mol. The Hall–Kier alpha value is -2.40. The fraction of sp³-hybridized carbons (Fsp3) is 0.0667. The van der Waals surface area contributed by atoms with Crippen molar-refractivity contribution >= 4 is 43.4 Å². The molecular formula is C15H11NO3S. The standard InChI is InChI=1S/C15H11NO3S/c17-14(18)8-16-15(19)9-5-6-11-10-3-1-2-4-12(10)20-13(11)7-9/h1-7H,8H2,(H,16,19)(H,17,18). The maximum Gasteiger partial charge on any atom is 0.322 e. The van der Waals surface area contributed by atoms with Gasteiger partial charge >= 0.3 is 5.97 Å². The topological polar surface area (TPSA) is 66.4 Å². The smallest absolute Gasteiger partial charge is 0.322 e. The number of nitrogens with one attached hydrogen (secondary N) is 1. The summed E-state index contributed by atoms with van der Waals surface area (Å²) in [7, 11) is 0. The summed E-state index contributed by atoms with van der Waals surface area (Å²) >= 11 is 1.62. The Morgan fingerprint density at radius 3 is 2.60 bits per heavy atom. The highest BCUT2D eigenvalue weighted by Gasteiger charge is 2.10. The number of carbonyl (C=O) groups excluding carboxylic acids is 1. The van der Waals surface area contributed by atoms with Gasteiger partial charge in [-0.1, -0.05) is 24.3 Å². The third kappa shape index (κ3) is 2.23. The van der Waals surface area contributed by atoms with Crippen LogP contribution < -0.4 is 5.32 Å². The van der Waals surface area contributed by atoms with E-state index in [4.69, 9.17) is 5.11 Å². The predicted molar refractivity (Wildman–Crippen MR) is 79.3 cm³/mol. The summed E-state index contributed by atoms with van der Waals surface area (Å²) in [5.74, 6) is -1.42. The van der Waals surface area contributed by atoms with E-state index < -0.39 is 5.97 Å². The van der Waals surface area contributed by atoms with Crippen LogP contribution >= 0.6 is 11.3 Å². The Bertz CT molecular complexity index is 822. The second kappa shape index (κ2) is 4.94. The minimum atomic E-state index is -1.05. The van der Waals surface area contributed by atoms with Crippen LogP contribution in [-0.2, 0) is 4.79 Å². The maximum atomic E-state index is 11.8. The lowest BCUT2D eigenvalue weighted by atomic mass is 10.1. The van der Waals surface area contributed by atoms with E-state index in [1.807, 2.05) is 24.3 Å². The minimum absolute atomic E-state index is 0.369. The molecule has 4 nitrogen and oxygen atoms in total. The molecule has 2 aromatic carbocycles. The van der Waals surface area contributed by atoms with Crippen LogP contribution in [0.3, 0.4) is 0 Å². The van der Waals surface area contributed by atoms with Crippen LogP contribution in [0.15, 0.2) is 42.5 Å². The van der Waals surface area contributed by atoms with E-state index in [-0.39, 0.29) is 12.5 Å². The van der Waals surface area contributed by atoms with Crippen LogP contribution in [0.4, 0.5) is 0 Å². The van der Waals surface area contributed by atoms with Crippen molar-refractivity contribution in [1.82, 2.24) is 5.32 Å². The molecule has 1 aromatic heterocycles. The zero-order valence-electron chi connectivity index (χ0n) is 10.4. The van der Waals surface area contributed by atoms with Crippen molar-refractivity contribution in [2.24, 2.45) is 0 Å². The van der Waals surface area contributed by atoms with Gasteiger partial charge in [-0.15, -0.1) is 11.3 Å². The van der Waals surface area contributed by atoms with E-state index in [0.717, 1.165) is 10.1 Å². The number of rotatable bonds is 3. The van der Waals surface area contributed by atoms with E-state index >= 15 is 0 Å². The number of carboxylic acid groups (broad SMARTS) is 1. The van der Waals surface area contributed by atoms with Crippen LogP contribution in [0.25, 0.3) is 20.2 Å². The van der Waals surface area contributed by atoms with Gasteiger partial charge in [0.05, 0.1) is 0 Å². The molecule has 0 saturated heterocycles. The number of hydrogen-bond acceptors (Lipinski definition) is 3. The Morgan fingerprint density at radius 1 is 1.05 bits per heavy atom. The van der Waals surface area contributed by atoms with E-state index in [2.05, 4.69) is 11.4 Å². The van der Waals surface area contributed by atoms with Crippen LogP contribution in [0.2, 0.25) is 0 Å². The van der Waals surface area contributed by atoms with Crippen molar-refractivity contribution in [3.05, 3.63) is 48.0 Å². The fourth-order valence-corrected chi connectivity index (χ4v) is 3.27. The number of benzene rings is 2. The number of thiophene rings is 1. The van der Waals surface area contributed by atoms with Gasteiger partial charge < -0.3 is 10.4 Å². The van der Waals surface area contributed by atoms with Gasteiger partial charge in [0.25, 0.3) is 5.91 Å². The molecule has 20 heavy (non-hydrogen) atoms. The fourth-order valence-electron chi connectivity index (χ4n) is 2.13. The molecular weight excluding hydrogens is 274 g/mol. The van der Waals surface area contributed by atoms with Gasteiger partial charge in [-0.3, -0.25) is 9.59 Å². The highest BCUT2D eigenvalue weighted by atomic mass is 32.1. The van der Waals surface area contributed by atoms with Crippen LogP contribution in [0, 0.1) is 0 Å². The average Bonchev–Trinajstić information content (AvgIpc) is 2.82. The molecule has 0 spiro atoms. The molecule has 0 atom stereocenters. The third-order valence-electron chi connectivity index (χ3n) is 3.04. The van der Waals surface area contributed by atoms with Crippen molar-refractivity contribution in [1.29, 1.82) is 0 Å². The van der Waals surface area contributed by atoms with Gasteiger partial charge in [-0.05, 0) is 18.2 Å². The van der Waals surface area contributed by atoms with Gasteiger partial charge in [0.1, 0.15) is 6.54 Å². The molecule has 0 saturated carbocycles. The molecule has 3 aromatic rings. The first-order valence-corrected chi connectivity index (χ1v) is 6.88. The molecule has 0 aliphatic carbocycles. The lowest BCUT2D eigenvalue weighted by molar-refractivity contribution is -0.135. The van der Waals surface area contributed by atoms with Crippen molar-refractivity contribution in [3.8, 4) is 0 Å². The zero-order chi connectivity index (χ0) is 14.1. The first kappa shape index (κ1) is 12.6.